The molecule has 1 aromatic heterocycles. The van der Waals surface area contributed by atoms with E-state index in [9.17, 15) is 14.4 Å². The molecule has 156 valence electrons. The molecular weight excluding hydrogens is 382 g/mol. The first-order chi connectivity index (χ1) is 14.6. The highest BCUT2D eigenvalue weighted by Crippen LogP contribution is 2.20. The van der Waals surface area contributed by atoms with Crippen LogP contribution in [0.2, 0.25) is 0 Å². The van der Waals surface area contributed by atoms with Crippen LogP contribution in [0.3, 0.4) is 0 Å². The van der Waals surface area contributed by atoms with Crippen LogP contribution in [0.25, 0.3) is 0 Å². The van der Waals surface area contributed by atoms with E-state index in [0.29, 0.717) is 12.1 Å². The lowest BCUT2D eigenvalue weighted by atomic mass is 10.2. The van der Waals surface area contributed by atoms with Gasteiger partial charge in [-0.25, -0.2) is 0 Å². The predicted molar refractivity (Wildman–Crippen MR) is 111 cm³/mol. The molecule has 0 atom stereocenters. The fraction of sp³-hybridized carbons (Fsp3) is 0.364. The molecule has 1 fully saturated rings. The molecule has 1 aromatic carbocycles. The highest BCUT2D eigenvalue weighted by molar-refractivity contribution is 6.20. The van der Waals surface area contributed by atoms with Crippen molar-refractivity contribution < 1.29 is 19.3 Å². The van der Waals surface area contributed by atoms with Crippen LogP contribution in [-0.2, 0) is 4.79 Å². The molecule has 2 aromatic rings. The fourth-order valence-corrected chi connectivity index (χ4v) is 3.97. The van der Waals surface area contributed by atoms with E-state index in [1.54, 1.807) is 12.1 Å². The Morgan fingerprint density at radius 1 is 1.03 bits per heavy atom. The number of fused-ring (bicyclic) bond motifs is 1. The van der Waals surface area contributed by atoms with E-state index < -0.39 is 5.91 Å². The van der Waals surface area contributed by atoms with Crippen LogP contribution >= 0.6 is 0 Å². The summed E-state index contributed by atoms with van der Waals surface area (Å²) in [6.07, 6.45) is 1.59. The van der Waals surface area contributed by atoms with Crippen molar-refractivity contribution in [2.45, 2.75) is 6.42 Å². The maximum atomic E-state index is 12.3. The lowest BCUT2D eigenvalue weighted by Crippen LogP contribution is -3.15. The number of aromatic nitrogens is 1. The lowest BCUT2D eigenvalue weighted by molar-refractivity contribution is -0.899. The highest BCUT2D eigenvalue weighted by Gasteiger charge is 2.36. The van der Waals surface area contributed by atoms with Gasteiger partial charge in [-0.15, -0.1) is 0 Å². The number of carbonyl (C=O) groups is 3. The number of imide groups is 1. The molecule has 1 saturated heterocycles. The van der Waals surface area contributed by atoms with Gasteiger partial charge in [0.2, 0.25) is 5.91 Å². The maximum Gasteiger partial charge on any atom is 0.280 e. The van der Waals surface area contributed by atoms with Crippen LogP contribution in [0.4, 0.5) is 5.69 Å². The second-order valence-electron chi connectivity index (χ2n) is 7.58. The van der Waals surface area contributed by atoms with Gasteiger partial charge in [0, 0.05) is 24.8 Å². The SMILES string of the molecule is O=C(CCN1C(=O)c2cccnc2C1=O)NCC[NH+]1CCN(c2ccccc2)CC1. The van der Waals surface area contributed by atoms with Crippen LogP contribution in [0, 0.1) is 0 Å². The number of para-hydroxylation sites is 1. The number of carbonyl (C=O) groups excluding carboxylic acids is 3. The molecule has 2 N–H and O–H groups in total. The molecule has 0 bridgehead atoms. The van der Waals surface area contributed by atoms with E-state index >= 15 is 0 Å². The number of rotatable bonds is 7. The molecule has 8 heteroatoms. The normalized spacial score (nSPS) is 16.7. The number of nitrogens with zero attached hydrogens (tertiary/aromatic N) is 3. The van der Waals surface area contributed by atoms with Crippen molar-refractivity contribution in [1.82, 2.24) is 15.2 Å². The number of piperazine rings is 1. The average Bonchev–Trinajstić information content (AvgIpc) is 3.03. The van der Waals surface area contributed by atoms with E-state index in [1.165, 1.54) is 16.8 Å². The third kappa shape index (κ3) is 4.33. The van der Waals surface area contributed by atoms with E-state index in [1.807, 2.05) is 6.07 Å². The van der Waals surface area contributed by atoms with Crippen LogP contribution in [0.1, 0.15) is 27.3 Å². The first-order valence-electron chi connectivity index (χ1n) is 10.3. The van der Waals surface area contributed by atoms with Gasteiger partial charge in [0.15, 0.2) is 0 Å². The molecule has 2 aliphatic rings. The number of nitrogens with one attached hydrogen (secondary N) is 2. The molecule has 0 saturated carbocycles. The minimum absolute atomic E-state index is 0.0719. The van der Waals surface area contributed by atoms with Crippen LogP contribution < -0.4 is 15.1 Å². The molecule has 0 aliphatic carbocycles. The van der Waals surface area contributed by atoms with E-state index in [4.69, 9.17) is 0 Å². The van der Waals surface area contributed by atoms with Gasteiger partial charge < -0.3 is 15.1 Å². The number of hydrogen-bond acceptors (Lipinski definition) is 5. The Labute approximate surface area is 175 Å². The minimum atomic E-state index is -0.427. The molecule has 0 radical (unpaired) electrons. The van der Waals surface area contributed by atoms with Crippen molar-refractivity contribution in [2.75, 3.05) is 50.7 Å². The standard InChI is InChI=1S/C22H25N5O3/c28-19(8-11-27-21(29)18-7-4-9-24-20(18)22(27)30)23-10-12-25-13-15-26(16-14-25)17-5-2-1-3-6-17/h1-7,9H,8,10-16H2,(H,23,28)/p+1. The fourth-order valence-electron chi connectivity index (χ4n) is 3.97. The summed E-state index contributed by atoms with van der Waals surface area (Å²) in [6.45, 7) is 5.60. The minimum Gasteiger partial charge on any atom is -0.360 e. The Morgan fingerprint density at radius 2 is 1.80 bits per heavy atom. The van der Waals surface area contributed by atoms with Gasteiger partial charge in [0.05, 0.1) is 44.8 Å². The summed E-state index contributed by atoms with van der Waals surface area (Å²) in [5, 5.41) is 2.91. The Hall–Kier alpha value is -3.26. The number of benzene rings is 1. The third-order valence-corrected chi connectivity index (χ3v) is 5.69. The average molecular weight is 408 g/mol. The van der Waals surface area contributed by atoms with E-state index in [-0.39, 0.29) is 30.5 Å². The summed E-state index contributed by atoms with van der Waals surface area (Å²) in [5.74, 6) is -0.956. The second kappa shape index (κ2) is 9.04. The zero-order valence-electron chi connectivity index (χ0n) is 16.8. The van der Waals surface area contributed by atoms with Gasteiger partial charge in [-0.1, -0.05) is 18.2 Å². The molecule has 3 amide bonds. The van der Waals surface area contributed by atoms with Crippen molar-refractivity contribution in [3.05, 3.63) is 59.9 Å². The molecule has 4 rings (SSSR count). The summed E-state index contributed by atoms with van der Waals surface area (Å²) in [5.41, 5.74) is 1.73. The number of amides is 3. The summed E-state index contributed by atoms with van der Waals surface area (Å²) >= 11 is 0. The molecule has 0 unspecified atom stereocenters. The van der Waals surface area contributed by atoms with Crippen LogP contribution in [-0.4, -0.2) is 73.4 Å². The third-order valence-electron chi connectivity index (χ3n) is 5.69. The van der Waals surface area contributed by atoms with Crippen molar-refractivity contribution in [3.8, 4) is 0 Å². The van der Waals surface area contributed by atoms with Gasteiger partial charge in [0.1, 0.15) is 5.69 Å². The summed E-state index contributed by atoms with van der Waals surface area (Å²) in [7, 11) is 0. The predicted octanol–water partition coefficient (Wildman–Crippen LogP) is -0.411. The number of anilines is 1. The molecular formula is C22H26N5O3+. The van der Waals surface area contributed by atoms with E-state index in [2.05, 4.69) is 39.5 Å². The van der Waals surface area contributed by atoms with Crippen molar-refractivity contribution in [2.24, 2.45) is 0 Å². The van der Waals surface area contributed by atoms with E-state index in [0.717, 1.165) is 37.6 Å². The molecule has 2 aliphatic heterocycles. The summed E-state index contributed by atoms with van der Waals surface area (Å²) in [6, 6.07) is 13.6. The summed E-state index contributed by atoms with van der Waals surface area (Å²) in [4.78, 5) is 45.7. The summed E-state index contributed by atoms with van der Waals surface area (Å²) < 4.78 is 0. The van der Waals surface area contributed by atoms with Gasteiger partial charge in [-0.2, -0.15) is 0 Å². The Balaban J connectivity index is 1.15. The zero-order valence-corrected chi connectivity index (χ0v) is 16.8. The topological polar surface area (TPSA) is 87.0 Å². The monoisotopic (exact) mass is 408 g/mol. The molecule has 8 nitrogen and oxygen atoms in total. The zero-order chi connectivity index (χ0) is 20.9. The van der Waals surface area contributed by atoms with Gasteiger partial charge >= 0.3 is 0 Å². The highest BCUT2D eigenvalue weighted by atomic mass is 16.2. The molecule has 30 heavy (non-hydrogen) atoms. The van der Waals surface area contributed by atoms with Crippen LogP contribution in [0.15, 0.2) is 48.7 Å². The van der Waals surface area contributed by atoms with Crippen molar-refractivity contribution in [1.29, 1.82) is 0 Å². The Kier molecular flexibility index (Phi) is 6.04. The first kappa shape index (κ1) is 20.0. The molecule has 3 heterocycles. The largest absolute Gasteiger partial charge is 0.360 e. The van der Waals surface area contributed by atoms with Crippen molar-refractivity contribution in [3.63, 3.8) is 0 Å². The number of quaternary nitrogens is 1. The maximum absolute atomic E-state index is 12.3. The lowest BCUT2D eigenvalue weighted by Gasteiger charge is -2.33. The smallest absolute Gasteiger partial charge is 0.280 e. The quantitative estimate of drug-likeness (QED) is 0.609. The number of hydrogen-bond donors (Lipinski definition) is 2. The number of pyridine rings is 1. The van der Waals surface area contributed by atoms with Gasteiger partial charge in [-0.05, 0) is 24.3 Å². The molecule has 0 spiro atoms. The van der Waals surface area contributed by atoms with Crippen LogP contribution in [0.5, 0.6) is 0 Å². The van der Waals surface area contributed by atoms with Gasteiger partial charge in [-0.3, -0.25) is 24.3 Å². The van der Waals surface area contributed by atoms with Gasteiger partial charge in [0.25, 0.3) is 11.8 Å². The first-order valence-corrected chi connectivity index (χ1v) is 10.3. The van der Waals surface area contributed by atoms with Crippen molar-refractivity contribution >= 4 is 23.4 Å². The Bertz CT molecular complexity index is 890. The second-order valence-corrected chi connectivity index (χ2v) is 7.58. The Morgan fingerprint density at radius 3 is 2.53 bits per heavy atom.